The summed E-state index contributed by atoms with van der Waals surface area (Å²) in [5, 5.41) is 13.6. The molecule has 1 saturated carbocycles. The van der Waals surface area contributed by atoms with Crippen molar-refractivity contribution in [3.63, 3.8) is 0 Å². The molecule has 2 aliphatic rings. The van der Waals surface area contributed by atoms with Gasteiger partial charge >= 0.3 is 0 Å². The summed E-state index contributed by atoms with van der Waals surface area (Å²) in [7, 11) is 1.39. The van der Waals surface area contributed by atoms with Crippen molar-refractivity contribution in [1.82, 2.24) is 0 Å². The third-order valence-electron chi connectivity index (χ3n) is 4.56. The van der Waals surface area contributed by atoms with Crippen LogP contribution in [-0.4, -0.2) is 29.8 Å². The maximum atomic E-state index is 12.5. The molecule has 8 nitrogen and oxygen atoms in total. The van der Waals surface area contributed by atoms with E-state index in [4.69, 9.17) is 9.47 Å². The van der Waals surface area contributed by atoms with Gasteiger partial charge in [0.05, 0.1) is 30.3 Å². The van der Waals surface area contributed by atoms with Gasteiger partial charge in [0.25, 0.3) is 11.6 Å². The average molecular weight is 346 g/mol. The number of nitrogens with one attached hydrogen (secondary N) is 1. The minimum absolute atomic E-state index is 0.00438. The summed E-state index contributed by atoms with van der Waals surface area (Å²) in [6.45, 7) is 0. The Hall–Kier alpha value is -2.90. The fraction of sp³-hybridized carbons (Fsp3) is 0.412. The van der Waals surface area contributed by atoms with Crippen LogP contribution >= 0.6 is 0 Å². The number of anilines is 1. The number of hydrogen-bond donors (Lipinski definition) is 1. The molecule has 1 amide bonds. The van der Waals surface area contributed by atoms with Crippen LogP contribution in [0.3, 0.4) is 0 Å². The Balaban J connectivity index is 1.82. The first-order valence-electron chi connectivity index (χ1n) is 8.05. The van der Waals surface area contributed by atoms with Gasteiger partial charge in [0.15, 0.2) is 5.78 Å². The number of methoxy groups -OCH3 is 1. The molecule has 1 aliphatic heterocycles. The number of hydrogen-bond acceptors (Lipinski definition) is 6. The van der Waals surface area contributed by atoms with Crippen LogP contribution in [-0.2, 0) is 14.3 Å². The van der Waals surface area contributed by atoms with Crippen LogP contribution in [0, 0.1) is 16.0 Å². The van der Waals surface area contributed by atoms with Gasteiger partial charge in [0, 0.05) is 0 Å². The smallest absolute Gasteiger partial charge is 0.296 e. The highest BCUT2D eigenvalue weighted by Gasteiger charge is 2.39. The average Bonchev–Trinajstić information content (AvgIpc) is 2.62. The van der Waals surface area contributed by atoms with Crippen molar-refractivity contribution < 1.29 is 24.0 Å². The molecule has 2 atom stereocenters. The number of nitrogens with zero attached hydrogens (tertiary/aromatic N) is 1. The first-order valence-corrected chi connectivity index (χ1v) is 8.05. The lowest BCUT2D eigenvalue weighted by atomic mass is 9.80. The fourth-order valence-corrected chi connectivity index (χ4v) is 3.22. The normalized spacial score (nSPS) is 22.3. The molecule has 0 spiro atoms. The predicted octanol–water partition coefficient (Wildman–Crippen LogP) is 2.58. The molecule has 0 bridgehead atoms. The van der Waals surface area contributed by atoms with E-state index in [0.717, 1.165) is 19.3 Å². The number of amides is 1. The van der Waals surface area contributed by atoms with E-state index in [1.54, 1.807) is 0 Å². The van der Waals surface area contributed by atoms with Gasteiger partial charge in [-0.1, -0.05) is 6.42 Å². The molecule has 1 N–H and O–H groups in total. The van der Waals surface area contributed by atoms with Crippen LogP contribution < -0.4 is 10.1 Å². The highest BCUT2D eigenvalue weighted by Crippen LogP contribution is 2.34. The van der Waals surface area contributed by atoms with Gasteiger partial charge in [-0.25, -0.2) is 0 Å². The molecule has 25 heavy (non-hydrogen) atoms. The highest BCUT2D eigenvalue weighted by molar-refractivity contribution is 6.24. The minimum atomic E-state index is -0.706. The van der Waals surface area contributed by atoms with Gasteiger partial charge in [-0.15, -0.1) is 0 Å². The Morgan fingerprint density at radius 2 is 2.12 bits per heavy atom. The van der Waals surface area contributed by atoms with Gasteiger partial charge < -0.3 is 14.8 Å². The van der Waals surface area contributed by atoms with Gasteiger partial charge in [-0.2, -0.15) is 0 Å². The van der Waals surface area contributed by atoms with Gasteiger partial charge in [-0.3, -0.25) is 19.7 Å². The van der Waals surface area contributed by atoms with Crippen LogP contribution in [0.25, 0.3) is 0 Å². The van der Waals surface area contributed by atoms with Crippen molar-refractivity contribution in [1.29, 1.82) is 0 Å². The molecular formula is C17H18N2O6. The molecule has 0 radical (unpaired) electrons. The van der Waals surface area contributed by atoms with Crippen molar-refractivity contribution >= 4 is 23.1 Å². The molecule has 8 heteroatoms. The minimum Gasteiger partial charge on any atom is -0.496 e. The number of benzene rings is 1. The molecule has 0 saturated heterocycles. The maximum absolute atomic E-state index is 12.5. The standard InChI is InChI=1S/C17H18N2O6/c1-24-10-6-7-13(14(8-10)19(22)23)18-17(21)12-9-25-15-5-3-2-4-11(15)16(12)20/h6-9,11,15H,2-5H2,1H3,(H,18,21). The number of nitro groups is 1. The fourth-order valence-electron chi connectivity index (χ4n) is 3.22. The monoisotopic (exact) mass is 346 g/mol. The quantitative estimate of drug-likeness (QED) is 0.510. The van der Waals surface area contributed by atoms with E-state index < -0.39 is 10.8 Å². The molecule has 0 aromatic heterocycles. The second-order valence-electron chi connectivity index (χ2n) is 6.06. The van der Waals surface area contributed by atoms with Crippen molar-refractivity contribution in [2.45, 2.75) is 31.8 Å². The van der Waals surface area contributed by atoms with E-state index in [1.165, 1.54) is 31.6 Å². The van der Waals surface area contributed by atoms with Crippen LogP contribution in [0.1, 0.15) is 25.7 Å². The third-order valence-corrected chi connectivity index (χ3v) is 4.56. The summed E-state index contributed by atoms with van der Waals surface area (Å²) in [5.74, 6) is -0.983. The van der Waals surface area contributed by atoms with Crippen molar-refractivity contribution in [3.05, 3.63) is 40.1 Å². The predicted molar refractivity (Wildman–Crippen MR) is 88.2 cm³/mol. The number of nitro benzene ring substituents is 1. The van der Waals surface area contributed by atoms with Crippen LogP contribution in [0.15, 0.2) is 30.0 Å². The van der Waals surface area contributed by atoms with E-state index in [0.29, 0.717) is 12.2 Å². The highest BCUT2D eigenvalue weighted by atomic mass is 16.6. The molecule has 1 aromatic rings. The Morgan fingerprint density at radius 3 is 2.84 bits per heavy atom. The second kappa shape index (κ2) is 6.92. The van der Waals surface area contributed by atoms with E-state index in [9.17, 15) is 19.7 Å². The van der Waals surface area contributed by atoms with Gasteiger partial charge in [-0.05, 0) is 31.4 Å². The maximum Gasteiger partial charge on any atom is 0.296 e. The van der Waals surface area contributed by atoms with Crippen molar-refractivity contribution in [2.75, 3.05) is 12.4 Å². The largest absolute Gasteiger partial charge is 0.496 e. The summed E-state index contributed by atoms with van der Waals surface area (Å²) in [5.41, 5.74) is -0.420. The number of Topliss-reactive ketones (excluding diaryl/α,β-unsaturated/α-hetero) is 1. The number of carbonyl (C=O) groups is 2. The molecule has 1 aromatic carbocycles. The molecule has 1 fully saturated rings. The summed E-state index contributed by atoms with van der Waals surface area (Å²) in [6, 6.07) is 4.07. The lowest BCUT2D eigenvalue weighted by molar-refractivity contribution is -0.384. The molecule has 1 aliphatic carbocycles. The Morgan fingerprint density at radius 1 is 1.36 bits per heavy atom. The zero-order valence-corrected chi connectivity index (χ0v) is 13.7. The van der Waals surface area contributed by atoms with Crippen LogP contribution in [0.2, 0.25) is 0 Å². The van der Waals surface area contributed by atoms with E-state index >= 15 is 0 Å². The molecule has 132 valence electrons. The lowest BCUT2D eigenvalue weighted by Crippen LogP contribution is -2.39. The number of fused-ring (bicyclic) bond motifs is 1. The molecule has 2 unspecified atom stereocenters. The van der Waals surface area contributed by atoms with Crippen molar-refractivity contribution in [3.8, 4) is 5.75 Å². The summed E-state index contributed by atoms with van der Waals surface area (Å²) >= 11 is 0. The topological polar surface area (TPSA) is 108 Å². The lowest BCUT2D eigenvalue weighted by Gasteiger charge is -2.33. The first-order chi connectivity index (χ1) is 12.0. The Kier molecular flexibility index (Phi) is 4.69. The first kappa shape index (κ1) is 16.9. The molecule has 3 rings (SSSR count). The molecular weight excluding hydrogens is 328 g/mol. The molecule has 1 heterocycles. The SMILES string of the molecule is COc1ccc(NC(=O)C2=COC3CCCCC3C2=O)c([N+](=O)[O-])c1. The Labute approximate surface area is 143 Å². The van der Waals surface area contributed by atoms with E-state index in [1.807, 2.05) is 0 Å². The van der Waals surface area contributed by atoms with Crippen LogP contribution in [0.5, 0.6) is 5.75 Å². The van der Waals surface area contributed by atoms with Crippen molar-refractivity contribution in [2.24, 2.45) is 5.92 Å². The zero-order valence-electron chi connectivity index (χ0n) is 13.7. The Bertz CT molecular complexity index is 758. The van der Waals surface area contributed by atoms with Gasteiger partial charge in [0.1, 0.15) is 23.1 Å². The van der Waals surface area contributed by atoms with E-state index in [-0.39, 0.29) is 34.8 Å². The number of ether oxygens (including phenoxy) is 2. The summed E-state index contributed by atoms with van der Waals surface area (Å²) < 4.78 is 10.5. The third kappa shape index (κ3) is 3.33. The number of rotatable bonds is 4. The van der Waals surface area contributed by atoms with Crippen LogP contribution in [0.4, 0.5) is 11.4 Å². The second-order valence-corrected chi connectivity index (χ2v) is 6.06. The summed E-state index contributed by atoms with van der Waals surface area (Å²) in [4.78, 5) is 35.6. The zero-order chi connectivity index (χ0) is 18.0. The number of ketones is 1. The summed E-state index contributed by atoms with van der Waals surface area (Å²) in [6.07, 6.45) is 4.42. The number of carbonyl (C=O) groups excluding carboxylic acids is 2. The van der Waals surface area contributed by atoms with Gasteiger partial charge in [0.2, 0.25) is 0 Å². The van der Waals surface area contributed by atoms with E-state index in [2.05, 4.69) is 5.32 Å².